The molecule has 0 radical (unpaired) electrons. The summed E-state index contributed by atoms with van der Waals surface area (Å²) in [7, 11) is 0. The van der Waals surface area contributed by atoms with Crippen LogP contribution in [0, 0.1) is 0 Å². The van der Waals surface area contributed by atoms with E-state index in [9.17, 15) is 0 Å². The van der Waals surface area contributed by atoms with Crippen LogP contribution < -0.4 is 5.32 Å². The van der Waals surface area contributed by atoms with E-state index in [4.69, 9.17) is 18.9 Å². The van der Waals surface area contributed by atoms with Crippen molar-refractivity contribution in [1.82, 2.24) is 5.32 Å². The van der Waals surface area contributed by atoms with E-state index >= 15 is 0 Å². The molecule has 1 heterocycles. The van der Waals surface area contributed by atoms with Crippen molar-refractivity contribution in [2.45, 2.75) is 50.9 Å². The minimum Gasteiger partial charge on any atom is -0.374 e. The first kappa shape index (κ1) is 26.3. The van der Waals surface area contributed by atoms with E-state index in [1.807, 2.05) is 72.8 Å². The van der Waals surface area contributed by atoms with E-state index in [2.05, 4.69) is 53.8 Å². The van der Waals surface area contributed by atoms with Crippen molar-refractivity contribution in [1.29, 1.82) is 0 Å². The molecule has 5 rings (SSSR count). The quantitative estimate of drug-likeness (QED) is 0.244. The second kappa shape index (κ2) is 14.0. The summed E-state index contributed by atoms with van der Waals surface area (Å²) in [5, 5.41) is 3.57. The highest BCUT2D eigenvalue weighted by Gasteiger charge is 2.46. The maximum atomic E-state index is 6.54. The average molecular weight is 510 g/mol. The zero-order chi connectivity index (χ0) is 25.8. The van der Waals surface area contributed by atoms with Crippen LogP contribution in [-0.4, -0.2) is 31.1 Å². The lowest BCUT2D eigenvalue weighted by Crippen LogP contribution is -2.43. The highest BCUT2D eigenvalue weighted by molar-refractivity contribution is 5.16. The molecule has 1 aliphatic rings. The number of hydrogen-bond acceptors (Lipinski definition) is 5. The van der Waals surface area contributed by atoms with Gasteiger partial charge in [0.05, 0.1) is 26.4 Å². The Labute approximate surface area is 225 Å². The standard InChI is InChI=1S/C33H35NO4/c1-5-13-26(14-6-1)21-34-33-32(37-24-29-19-11-4-12-20-29)31(36-23-28-17-9-3-10-18-28)30(38-33)25-35-22-27-15-7-2-8-16-27/h1-20,30-34H,21-25H2/t30-,31+,32-,33?/m0/s1. The normalized spacial score (nSPS) is 20.9. The fraction of sp³-hybridized carbons (Fsp3) is 0.273. The molecule has 0 bridgehead atoms. The van der Waals surface area contributed by atoms with E-state index in [1.54, 1.807) is 0 Å². The molecule has 196 valence electrons. The highest BCUT2D eigenvalue weighted by atomic mass is 16.6. The Kier molecular flexibility index (Phi) is 9.69. The van der Waals surface area contributed by atoms with Gasteiger partial charge in [0.2, 0.25) is 0 Å². The van der Waals surface area contributed by atoms with Crippen molar-refractivity contribution in [3.8, 4) is 0 Å². The Hall–Kier alpha value is -3.32. The number of hydrogen-bond donors (Lipinski definition) is 1. The van der Waals surface area contributed by atoms with E-state index in [0.717, 1.165) is 16.7 Å². The van der Waals surface area contributed by atoms with Crippen molar-refractivity contribution in [3.63, 3.8) is 0 Å². The van der Waals surface area contributed by atoms with Crippen molar-refractivity contribution in [2.75, 3.05) is 6.61 Å². The summed E-state index contributed by atoms with van der Waals surface area (Å²) in [4.78, 5) is 0. The maximum absolute atomic E-state index is 6.54. The first-order valence-corrected chi connectivity index (χ1v) is 13.2. The minimum absolute atomic E-state index is 0.281. The van der Waals surface area contributed by atoms with Crippen LogP contribution >= 0.6 is 0 Å². The summed E-state index contributed by atoms with van der Waals surface area (Å²) in [6.07, 6.45) is -1.24. The fourth-order valence-corrected chi connectivity index (χ4v) is 4.62. The number of rotatable bonds is 13. The van der Waals surface area contributed by atoms with Gasteiger partial charge in [0, 0.05) is 6.54 Å². The molecule has 1 N–H and O–H groups in total. The Morgan fingerprint density at radius 3 is 1.50 bits per heavy atom. The van der Waals surface area contributed by atoms with Crippen LogP contribution in [0.5, 0.6) is 0 Å². The SMILES string of the molecule is c1ccc(CNC2O[C@@H](COCc3ccccc3)[C@@H](OCc3ccccc3)[C@@H]2OCc2ccccc2)cc1. The molecule has 1 aliphatic heterocycles. The number of nitrogens with one attached hydrogen (secondary N) is 1. The van der Waals surface area contributed by atoms with E-state index in [-0.39, 0.29) is 24.5 Å². The summed E-state index contributed by atoms with van der Waals surface area (Å²) in [5.74, 6) is 0. The van der Waals surface area contributed by atoms with Crippen molar-refractivity contribution < 1.29 is 18.9 Å². The van der Waals surface area contributed by atoms with Gasteiger partial charge in [0.15, 0.2) is 0 Å². The van der Waals surface area contributed by atoms with Gasteiger partial charge in [0.1, 0.15) is 24.5 Å². The lowest BCUT2D eigenvalue weighted by Gasteiger charge is -2.25. The molecule has 38 heavy (non-hydrogen) atoms. The molecule has 4 aromatic rings. The molecular formula is C33H35NO4. The summed E-state index contributed by atoms with van der Waals surface area (Å²) in [6.45, 7) is 2.54. The largest absolute Gasteiger partial charge is 0.374 e. The van der Waals surface area contributed by atoms with Crippen LogP contribution in [0.4, 0.5) is 0 Å². The molecule has 0 aliphatic carbocycles. The average Bonchev–Trinajstić information content (AvgIpc) is 3.32. The summed E-state index contributed by atoms with van der Waals surface area (Å²) in [6, 6.07) is 40.9. The van der Waals surface area contributed by atoms with Gasteiger partial charge in [-0.2, -0.15) is 0 Å². The lowest BCUT2D eigenvalue weighted by molar-refractivity contribution is -0.0900. The van der Waals surface area contributed by atoms with Crippen LogP contribution in [0.1, 0.15) is 22.3 Å². The van der Waals surface area contributed by atoms with Gasteiger partial charge in [-0.05, 0) is 22.3 Å². The Bertz CT molecular complexity index is 1190. The van der Waals surface area contributed by atoms with E-state index in [1.165, 1.54) is 5.56 Å². The van der Waals surface area contributed by atoms with Crippen molar-refractivity contribution in [2.24, 2.45) is 0 Å². The third-order valence-electron chi connectivity index (χ3n) is 6.62. The van der Waals surface area contributed by atoms with Crippen LogP contribution in [0.3, 0.4) is 0 Å². The van der Waals surface area contributed by atoms with Gasteiger partial charge in [-0.3, -0.25) is 5.32 Å². The van der Waals surface area contributed by atoms with Crippen LogP contribution in [-0.2, 0) is 45.3 Å². The zero-order valence-corrected chi connectivity index (χ0v) is 21.5. The van der Waals surface area contributed by atoms with Gasteiger partial charge in [-0.1, -0.05) is 121 Å². The Balaban J connectivity index is 1.31. The predicted molar refractivity (Wildman–Crippen MR) is 148 cm³/mol. The zero-order valence-electron chi connectivity index (χ0n) is 21.5. The maximum Gasteiger partial charge on any atom is 0.138 e. The molecule has 0 aromatic heterocycles. The summed E-state index contributed by atoms with van der Waals surface area (Å²) in [5.41, 5.74) is 4.53. The molecule has 5 nitrogen and oxygen atoms in total. The van der Waals surface area contributed by atoms with Gasteiger partial charge in [-0.15, -0.1) is 0 Å². The summed E-state index contributed by atoms with van der Waals surface area (Å²) >= 11 is 0. The van der Waals surface area contributed by atoms with E-state index < -0.39 is 0 Å². The molecule has 0 saturated carbocycles. The molecule has 4 atom stereocenters. The second-order valence-electron chi connectivity index (χ2n) is 9.48. The fourth-order valence-electron chi connectivity index (χ4n) is 4.62. The topological polar surface area (TPSA) is 49.0 Å². The van der Waals surface area contributed by atoms with Crippen LogP contribution in [0.25, 0.3) is 0 Å². The second-order valence-corrected chi connectivity index (χ2v) is 9.48. The molecule has 5 heteroatoms. The van der Waals surface area contributed by atoms with Gasteiger partial charge >= 0.3 is 0 Å². The van der Waals surface area contributed by atoms with Crippen molar-refractivity contribution in [3.05, 3.63) is 144 Å². The summed E-state index contributed by atoms with van der Waals surface area (Å²) < 4.78 is 25.7. The van der Waals surface area contributed by atoms with Crippen molar-refractivity contribution >= 4 is 0 Å². The molecule has 0 amide bonds. The predicted octanol–water partition coefficient (Wildman–Crippen LogP) is 5.89. The molecule has 4 aromatic carbocycles. The van der Waals surface area contributed by atoms with Gasteiger partial charge in [-0.25, -0.2) is 0 Å². The third-order valence-corrected chi connectivity index (χ3v) is 6.62. The number of ether oxygens (including phenoxy) is 4. The van der Waals surface area contributed by atoms with Gasteiger partial charge < -0.3 is 18.9 Å². The Morgan fingerprint density at radius 2 is 0.974 bits per heavy atom. The molecule has 0 spiro atoms. The van der Waals surface area contributed by atoms with Crippen LogP contribution in [0.2, 0.25) is 0 Å². The first-order valence-electron chi connectivity index (χ1n) is 13.2. The lowest BCUT2D eigenvalue weighted by atomic mass is 10.1. The molecular weight excluding hydrogens is 474 g/mol. The highest BCUT2D eigenvalue weighted by Crippen LogP contribution is 2.28. The third kappa shape index (κ3) is 7.60. The monoisotopic (exact) mass is 509 g/mol. The smallest absolute Gasteiger partial charge is 0.138 e. The molecule has 1 fully saturated rings. The number of benzene rings is 4. The first-order chi connectivity index (χ1) is 18.8. The molecule has 1 saturated heterocycles. The molecule has 1 unspecified atom stereocenters. The Morgan fingerprint density at radius 1 is 0.526 bits per heavy atom. The van der Waals surface area contributed by atoms with E-state index in [0.29, 0.717) is 33.0 Å². The minimum atomic E-state index is -0.343. The van der Waals surface area contributed by atoms with Gasteiger partial charge in [0.25, 0.3) is 0 Å². The van der Waals surface area contributed by atoms with Crippen LogP contribution in [0.15, 0.2) is 121 Å².